The van der Waals surface area contributed by atoms with Gasteiger partial charge in [0.05, 0.1) is 17.3 Å². The predicted octanol–water partition coefficient (Wildman–Crippen LogP) is 2.92. The van der Waals surface area contributed by atoms with Gasteiger partial charge in [0, 0.05) is 23.2 Å². The molecule has 2 heterocycles. The van der Waals surface area contributed by atoms with Crippen molar-refractivity contribution in [3.63, 3.8) is 0 Å². The second kappa shape index (κ2) is 4.27. The third kappa shape index (κ3) is 1.73. The van der Waals surface area contributed by atoms with Crippen molar-refractivity contribution < 1.29 is 0 Å². The Hall–Kier alpha value is -1.73. The number of thioether (sulfide) groups is 1. The maximum atomic E-state index is 9.23. The lowest BCUT2D eigenvalue weighted by atomic mass is 10.1. The number of fused-ring (bicyclic) bond motifs is 3. The Labute approximate surface area is 104 Å². The number of hydrogen-bond acceptors (Lipinski definition) is 3. The molecule has 17 heavy (non-hydrogen) atoms. The molecule has 0 radical (unpaired) electrons. The van der Waals surface area contributed by atoms with Crippen LogP contribution in [-0.2, 0) is 6.54 Å². The van der Waals surface area contributed by atoms with Crippen LogP contribution in [0.5, 0.6) is 0 Å². The van der Waals surface area contributed by atoms with Crippen molar-refractivity contribution in [3.05, 3.63) is 36.0 Å². The number of hydrogen-bond donors (Lipinski definition) is 0. The predicted molar refractivity (Wildman–Crippen MR) is 67.7 cm³/mol. The van der Waals surface area contributed by atoms with Gasteiger partial charge in [-0.1, -0.05) is 6.07 Å². The molecule has 0 fully saturated rings. The van der Waals surface area contributed by atoms with Crippen LogP contribution >= 0.6 is 11.8 Å². The summed E-state index contributed by atoms with van der Waals surface area (Å²) >= 11 is 1.83. The summed E-state index contributed by atoms with van der Waals surface area (Å²) in [6.45, 7) is 0.925. The lowest BCUT2D eigenvalue weighted by Gasteiger charge is -2.16. The van der Waals surface area contributed by atoms with Gasteiger partial charge >= 0.3 is 0 Å². The van der Waals surface area contributed by atoms with Gasteiger partial charge in [0.25, 0.3) is 0 Å². The van der Waals surface area contributed by atoms with Gasteiger partial charge in [0.2, 0.25) is 0 Å². The molecule has 3 rings (SSSR count). The van der Waals surface area contributed by atoms with Crippen LogP contribution in [-0.4, -0.2) is 15.5 Å². The fourth-order valence-electron chi connectivity index (χ4n) is 2.13. The van der Waals surface area contributed by atoms with Crippen molar-refractivity contribution in [1.29, 1.82) is 5.26 Å². The largest absolute Gasteiger partial charge is 0.265 e. The summed E-state index contributed by atoms with van der Waals surface area (Å²) < 4.78 is 2.00. The molecule has 1 aromatic carbocycles. The quantitative estimate of drug-likeness (QED) is 0.712. The maximum absolute atomic E-state index is 9.23. The van der Waals surface area contributed by atoms with Crippen molar-refractivity contribution in [3.8, 4) is 17.3 Å². The maximum Gasteiger partial charge on any atom is 0.0999 e. The van der Waals surface area contributed by atoms with Crippen LogP contribution in [0.25, 0.3) is 11.3 Å². The van der Waals surface area contributed by atoms with E-state index in [9.17, 15) is 5.26 Å². The number of benzene rings is 1. The molecule has 0 atom stereocenters. The summed E-state index contributed by atoms with van der Waals surface area (Å²) in [6, 6.07) is 10.2. The number of aromatic nitrogens is 2. The highest BCUT2D eigenvalue weighted by Crippen LogP contribution is 2.36. The van der Waals surface area contributed by atoms with Gasteiger partial charge in [-0.05, 0) is 30.4 Å². The van der Waals surface area contributed by atoms with Gasteiger partial charge in [-0.3, -0.25) is 4.68 Å². The van der Waals surface area contributed by atoms with Crippen molar-refractivity contribution in [2.75, 3.05) is 5.75 Å². The average molecular weight is 241 g/mol. The zero-order valence-corrected chi connectivity index (χ0v) is 10.1. The van der Waals surface area contributed by atoms with Crippen LogP contribution in [0.3, 0.4) is 0 Å². The molecule has 0 saturated carbocycles. The number of aryl methyl sites for hydroxylation is 1. The Morgan fingerprint density at radius 2 is 2.29 bits per heavy atom. The molecule has 1 aliphatic heterocycles. The lowest BCUT2D eigenvalue weighted by molar-refractivity contribution is 0.610. The second-order valence-corrected chi connectivity index (χ2v) is 5.07. The van der Waals surface area contributed by atoms with Gasteiger partial charge in [0.15, 0.2) is 0 Å². The Balaban J connectivity index is 2.29. The summed E-state index contributed by atoms with van der Waals surface area (Å²) in [5, 5.41) is 13.6. The second-order valence-electron chi connectivity index (χ2n) is 3.93. The average Bonchev–Trinajstić information content (AvgIpc) is 2.78. The molecule has 0 spiro atoms. The van der Waals surface area contributed by atoms with Gasteiger partial charge in [0.1, 0.15) is 0 Å². The molecule has 1 aliphatic rings. The number of rotatable bonds is 0. The molecule has 2 aromatic rings. The van der Waals surface area contributed by atoms with Gasteiger partial charge in [-0.25, -0.2) is 0 Å². The molecule has 0 bridgehead atoms. The van der Waals surface area contributed by atoms with Gasteiger partial charge in [-0.15, -0.1) is 11.8 Å². The SMILES string of the molecule is N#Cc1cccc2c1-c1ccnn1CCCS2. The van der Waals surface area contributed by atoms with E-state index in [1.807, 2.05) is 40.8 Å². The Kier molecular flexibility index (Phi) is 2.62. The highest BCUT2D eigenvalue weighted by Gasteiger charge is 2.17. The normalized spacial score (nSPS) is 14.1. The summed E-state index contributed by atoms with van der Waals surface area (Å²) in [5.41, 5.74) is 2.83. The number of nitriles is 1. The van der Waals surface area contributed by atoms with E-state index in [-0.39, 0.29) is 0 Å². The van der Waals surface area contributed by atoms with Crippen molar-refractivity contribution in [2.24, 2.45) is 0 Å². The Bertz CT molecular complexity index is 595. The minimum Gasteiger partial charge on any atom is -0.265 e. The lowest BCUT2D eigenvalue weighted by Crippen LogP contribution is -2.07. The van der Waals surface area contributed by atoms with Crippen molar-refractivity contribution >= 4 is 11.8 Å². The highest BCUT2D eigenvalue weighted by atomic mass is 32.2. The standard InChI is InChI=1S/C13H11N3S/c14-9-10-3-1-4-12-13(10)11-5-6-15-16(11)7-2-8-17-12/h1,3-6H,2,7-8H2. The fourth-order valence-corrected chi connectivity index (χ4v) is 3.16. The zero-order chi connectivity index (χ0) is 11.7. The van der Waals surface area contributed by atoms with E-state index in [4.69, 9.17) is 0 Å². The topological polar surface area (TPSA) is 41.6 Å². The molecule has 1 aromatic heterocycles. The van der Waals surface area contributed by atoms with Crippen LogP contribution in [0.4, 0.5) is 0 Å². The molecule has 84 valence electrons. The Morgan fingerprint density at radius 3 is 3.18 bits per heavy atom. The van der Waals surface area contributed by atoms with E-state index in [2.05, 4.69) is 17.2 Å². The third-order valence-electron chi connectivity index (χ3n) is 2.89. The van der Waals surface area contributed by atoms with Crippen LogP contribution in [0, 0.1) is 11.3 Å². The summed E-state index contributed by atoms with van der Waals surface area (Å²) in [6.07, 6.45) is 2.92. The minimum atomic E-state index is 0.735. The van der Waals surface area contributed by atoms with Crippen LogP contribution in [0.2, 0.25) is 0 Å². The van der Waals surface area contributed by atoms with Gasteiger partial charge < -0.3 is 0 Å². The van der Waals surface area contributed by atoms with Crippen LogP contribution in [0.15, 0.2) is 35.4 Å². The monoisotopic (exact) mass is 241 g/mol. The summed E-state index contributed by atoms with van der Waals surface area (Å²) in [7, 11) is 0. The van der Waals surface area contributed by atoms with E-state index in [1.54, 1.807) is 0 Å². The molecule has 0 unspecified atom stereocenters. The van der Waals surface area contributed by atoms with E-state index in [0.29, 0.717) is 0 Å². The Morgan fingerprint density at radius 1 is 1.35 bits per heavy atom. The van der Waals surface area contributed by atoms with Crippen LogP contribution < -0.4 is 0 Å². The molecular formula is C13H11N3S. The highest BCUT2D eigenvalue weighted by molar-refractivity contribution is 7.99. The van der Waals surface area contributed by atoms with E-state index in [0.717, 1.165) is 35.5 Å². The van der Waals surface area contributed by atoms with E-state index in [1.165, 1.54) is 4.90 Å². The van der Waals surface area contributed by atoms with Crippen LogP contribution in [0.1, 0.15) is 12.0 Å². The molecular weight excluding hydrogens is 230 g/mol. The molecule has 3 nitrogen and oxygen atoms in total. The fraction of sp³-hybridized carbons (Fsp3) is 0.231. The van der Waals surface area contributed by atoms with E-state index >= 15 is 0 Å². The first-order valence-corrected chi connectivity index (χ1v) is 6.57. The summed E-state index contributed by atoms with van der Waals surface area (Å²) in [4.78, 5) is 1.19. The molecule has 0 saturated heterocycles. The number of nitrogens with zero attached hydrogens (tertiary/aromatic N) is 3. The summed E-state index contributed by atoms with van der Waals surface area (Å²) in [5.74, 6) is 1.07. The first-order valence-electron chi connectivity index (χ1n) is 5.58. The smallest absolute Gasteiger partial charge is 0.0999 e. The first kappa shape index (κ1) is 10.4. The molecule has 0 amide bonds. The molecule has 0 N–H and O–H groups in total. The van der Waals surface area contributed by atoms with Crippen molar-refractivity contribution in [1.82, 2.24) is 9.78 Å². The van der Waals surface area contributed by atoms with E-state index < -0.39 is 0 Å². The minimum absolute atomic E-state index is 0.735. The zero-order valence-electron chi connectivity index (χ0n) is 9.26. The molecule has 4 heteroatoms. The first-order chi connectivity index (χ1) is 8.40. The van der Waals surface area contributed by atoms with Gasteiger partial charge in [-0.2, -0.15) is 10.4 Å². The third-order valence-corrected chi connectivity index (χ3v) is 4.04. The molecule has 0 aliphatic carbocycles. The van der Waals surface area contributed by atoms with Crippen molar-refractivity contribution in [2.45, 2.75) is 17.9 Å².